The zero-order chi connectivity index (χ0) is 52.9. The van der Waals surface area contributed by atoms with E-state index >= 15 is 0 Å². The van der Waals surface area contributed by atoms with E-state index in [1.165, 1.54) is 128 Å². The van der Waals surface area contributed by atoms with Gasteiger partial charge in [-0.15, -0.1) is 0 Å². The van der Waals surface area contributed by atoms with Gasteiger partial charge in [0.25, 0.3) is 0 Å². The molecule has 73 heavy (non-hydrogen) atoms. The normalized spacial score (nSPS) is 12.9. The fourth-order valence-electron chi connectivity index (χ4n) is 8.22. The van der Waals surface area contributed by atoms with Crippen LogP contribution in [-0.4, -0.2) is 37.2 Å². The Morgan fingerprint density at radius 3 is 0.863 bits per heavy atom. The Hall–Kier alpha value is -3.93. The van der Waals surface area contributed by atoms with Crippen LogP contribution in [0, 0.1) is 0 Å². The van der Waals surface area contributed by atoms with Crippen LogP contribution in [0.15, 0.2) is 109 Å². The van der Waals surface area contributed by atoms with Crippen molar-refractivity contribution >= 4 is 17.9 Å². The lowest BCUT2D eigenvalue weighted by Gasteiger charge is -2.18. The van der Waals surface area contributed by atoms with Crippen LogP contribution in [0.25, 0.3) is 0 Å². The molecule has 0 aromatic carbocycles. The number of carbonyl (C=O) groups excluding carboxylic acids is 3. The average Bonchev–Trinajstić information content (AvgIpc) is 3.39. The molecule has 0 aliphatic heterocycles. The van der Waals surface area contributed by atoms with E-state index in [-0.39, 0.29) is 37.5 Å². The van der Waals surface area contributed by atoms with Crippen molar-refractivity contribution in [2.45, 2.75) is 284 Å². The molecule has 0 radical (unpaired) electrons. The predicted molar refractivity (Wildman–Crippen MR) is 316 cm³/mol. The van der Waals surface area contributed by atoms with Crippen LogP contribution in [0.1, 0.15) is 278 Å². The highest BCUT2D eigenvalue weighted by Gasteiger charge is 2.19. The fraction of sp³-hybridized carbons (Fsp3) is 0.687. The largest absolute Gasteiger partial charge is 0.462 e. The zero-order valence-electron chi connectivity index (χ0n) is 47.6. The van der Waals surface area contributed by atoms with Crippen LogP contribution >= 0.6 is 0 Å². The minimum atomic E-state index is -0.801. The monoisotopic (exact) mass is 1010 g/mol. The van der Waals surface area contributed by atoms with Gasteiger partial charge < -0.3 is 14.2 Å². The summed E-state index contributed by atoms with van der Waals surface area (Å²) in [5.74, 6) is -0.947. The maximum Gasteiger partial charge on any atom is 0.306 e. The molecule has 0 aliphatic carbocycles. The Morgan fingerprint density at radius 2 is 0.534 bits per heavy atom. The summed E-state index contributed by atoms with van der Waals surface area (Å²) in [6, 6.07) is 0. The van der Waals surface area contributed by atoms with Crippen molar-refractivity contribution in [3.63, 3.8) is 0 Å². The van der Waals surface area contributed by atoms with Crippen LogP contribution in [-0.2, 0) is 28.6 Å². The summed E-state index contributed by atoms with van der Waals surface area (Å²) in [6.07, 6.45) is 82.6. The van der Waals surface area contributed by atoms with Gasteiger partial charge in [0.2, 0.25) is 0 Å². The molecule has 1 unspecified atom stereocenters. The molecule has 1 atom stereocenters. The molecule has 0 bridgehead atoms. The van der Waals surface area contributed by atoms with Crippen molar-refractivity contribution in [1.29, 1.82) is 0 Å². The van der Waals surface area contributed by atoms with Crippen molar-refractivity contribution < 1.29 is 28.6 Å². The fourth-order valence-corrected chi connectivity index (χ4v) is 8.22. The molecule has 0 aromatic rings. The predicted octanol–water partition coefficient (Wildman–Crippen LogP) is 20.7. The molecule has 0 fully saturated rings. The van der Waals surface area contributed by atoms with Crippen LogP contribution in [0.2, 0.25) is 0 Å². The summed E-state index contributed by atoms with van der Waals surface area (Å²) < 4.78 is 16.8. The second-order valence-electron chi connectivity index (χ2n) is 19.9. The van der Waals surface area contributed by atoms with Gasteiger partial charge in [-0.2, -0.15) is 0 Å². The lowest BCUT2D eigenvalue weighted by Crippen LogP contribution is -2.30. The summed E-state index contributed by atoms with van der Waals surface area (Å²) in [7, 11) is 0. The van der Waals surface area contributed by atoms with Gasteiger partial charge in [-0.25, -0.2) is 0 Å². The SMILES string of the molecule is CC/C=C\C/C=C\C/C=C\C/C=C\C/C=C\C/C=C\CCCCC(=O)OC(COC(=O)CCCCCCCCC)COC(=O)CCCCCCCCCCCCCC/C=C\C/C=C\C/C=C\CCCCCCC. The second kappa shape index (κ2) is 60.6. The van der Waals surface area contributed by atoms with Gasteiger partial charge in [-0.1, -0.05) is 259 Å². The highest BCUT2D eigenvalue weighted by atomic mass is 16.6. The molecule has 0 aliphatic rings. The van der Waals surface area contributed by atoms with Gasteiger partial charge in [0, 0.05) is 19.3 Å². The quantitative estimate of drug-likeness (QED) is 0.0261. The van der Waals surface area contributed by atoms with E-state index in [0.29, 0.717) is 19.3 Å². The molecule has 0 amide bonds. The molecule has 0 saturated carbocycles. The minimum Gasteiger partial charge on any atom is -0.462 e. The minimum absolute atomic E-state index is 0.0964. The van der Waals surface area contributed by atoms with E-state index in [1.807, 2.05) is 0 Å². The third-order valence-electron chi connectivity index (χ3n) is 12.8. The molecule has 6 nitrogen and oxygen atoms in total. The zero-order valence-corrected chi connectivity index (χ0v) is 47.6. The van der Waals surface area contributed by atoms with Gasteiger partial charge in [0.05, 0.1) is 0 Å². The Balaban J connectivity index is 4.23. The molecule has 0 saturated heterocycles. The molecule has 0 aromatic heterocycles. The maximum absolute atomic E-state index is 12.8. The molecule has 416 valence electrons. The third kappa shape index (κ3) is 58.8. The van der Waals surface area contributed by atoms with Crippen molar-refractivity contribution in [2.24, 2.45) is 0 Å². The van der Waals surface area contributed by atoms with Gasteiger partial charge in [0.1, 0.15) is 13.2 Å². The molecular weight excluding hydrogens is 901 g/mol. The topological polar surface area (TPSA) is 78.9 Å². The molecule has 0 rings (SSSR count). The summed E-state index contributed by atoms with van der Waals surface area (Å²) in [6.45, 7) is 6.44. The van der Waals surface area contributed by atoms with Crippen LogP contribution in [0.5, 0.6) is 0 Å². The molecular formula is C67H112O6. The Labute approximate surface area is 450 Å². The molecule has 0 heterocycles. The highest BCUT2D eigenvalue weighted by molar-refractivity contribution is 5.71. The standard InChI is InChI=1S/C67H112O6/c1-4-7-10-13-16-18-20-22-24-26-28-30-31-32-33-34-35-37-38-40-42-44-46-48-51-54-57-60-66(69)72-63-64(62-71-65(68)59-56-53-50-15-12-9-6-3)73-67(70)61-58-55-52-49-47-45-43-41-39-36-29-27-25-23-21-19-17-14-11-8-5-2/h8,11,17,19-20,22-23,25-26,28-29,31-32,36,41,43,47,49,64H,4-7,9-10,12-16,18,21,24,27,30,33-35,37-40,42,44-46,48,50-63H2,1-3H3/b11-8-,19-17-,22-20-,25-23-,28-26-,32-31-,36-29-,43-41-,49-47-. The van der Waals surface area contributed by atoms with Gasteiger partial charge >= 0.3 is 17.9 Å². The van der Waals surface area contributed by atoms with Crippen molar-refractivity contribution in [1.82, 2.24) is 0 Å². The first-order chi connectivity index (χ1) is 36.0. The summed E-state index contributed by atoms with van der Waals surface area (Å²) >= 11 is 0. The molecule has 6 heteroatoms. The van der Waals surface area contributed by atoms with Gasteiger partial charge in [0.15, 0.2) is 6.10 Å². The van der Waals surface area contributed by atoms with Crippen molar-refractivity contribution in [3.05, 3.63) is 109 Å². The number of carbonyl (C=O) groups is 3. The van der Waals surface area contributed by atoms with Gasteiger partial charge in [-0.3, -0.25) is 14.4 Å². The van der Waals surface area contributed by atoms with E-state index in [9.17, 15) is 14.4 Å². The summed E-state index contributed by atoms with van der Waals surface area (Å²) in [4.78, 5) is 38.0. The highest BCUT2D eigenvalue weighted by Crippen LogP contribution is 2.15. The third-order valence-corrected chi connectivity index (χ3v) is 12.8. The van der Waals surface area contributed by atoms with Crippen LogP contribution in [0.3, 0.4) is 0 Å². The van der Waals surface area contributed by atoms with E-state index in [2.05, 4.69) is 130 Å². The van der Waals surface area contributed by atoms with Crippen molar-refractivity contribution in [2.75, 3.05) is 13.2 Å². The lowest BCUT2D eigenvalue weighted by atomic mass is 10.0. The van der Waals surface area contributed by atoms with Gasteiger partial charge in [-0.05, 0) is 109 Å². The lowest BCUT2D eigenvalue weighted by molar-refractivity contribution is -0.167. The number of allylic oxidation sites excluding steroid dienone is 18. The smallest absolute Gasteiger partial charge is 0.306 e. The Kier molecular flexibility index (Phi) is 57.4. The second-order valence-corrected chi connectivity index (χ2v) is 19.9. The summed E-state index contributed by atoms with van der Waals surface area (Å²) in [5.41, 5.74) is 0. The molecule has 0 N–H and O–H groups in total. The first-order valence-electron chi connectivity index (χ1n) is 30.4. The van der Waals surface area contributed by atoms with E-state index in [4.69, 9.17) is 14.2 Å². The average molecular weight is 1010 g/mol. The van der Waals surface area contributed by atoms with Crippen LogP contribution < -0.4 is 0 Å². The van der Waals surface area contributed by atoms with E-state index in [1.54, 1.807) is 0 Å². The number of hydrogen-bond donors (Lipinski definition) is 0. The van der Waals surface area contributed by atoms with E-state index in [0.717, 1.165) is 103 Å². The Bertz CT molecular complexity index is 1490. The number of ether oxygens (including phenoxy) is 3. The first-order valence-corrected chi connectivity index (χ1v) is 30.4. The van der Waals surface area contributed by atoms with E-state index < -0.39 is 6.10 Å². The number of hydrogen-bond acceptors (Lipinski definition) is 6. The summed E-state index contributed by atoms with van der Waals surface area (Å²) in [5, 5.41) is 0. The Morgan fingerprint density at radius 1 is 0.288 bits per heavy atom. The maximum atomic E-state index is 12.8. The molecule has 0 spiro atoms. The number of esters is 3. The number of unbranched alkanes of at least 4 members (excludes halogenated alkanes) is 25. The van der Waals surface area contributed by atoms with Crippen molar-refractivity contribution in [3.8, 4) is 0 Å². The van der Waals surface area contributed by atoms with Crippen LogP contribution in [0.4, 0.5) is 0 Å². The number of rotatable bonds is 54. The first kappa shape index (κ1) is 69.1.